The van der Waals surface area contributed by atoms with Gasteiger partial charge in [-0.3, -0.25) is 4.79 Å². The van der Waals surface area contributed by atoms with E-state index >= 15 is 0 Å². The first-order chi connectivity index (χ1) is 9.24. The molecule has 98 valence electrons. The summed E-state index contributed by atoms with van der Waals surface area (Å²) in [4.78, 5) is 12.5. The van der Waals surface area contributed by atoms with Gasteiger partial charge >= 0.3 is 0 Å². The van der Waals surface area contributed by atoms with Crippen LogP contribution in [-0.2, 0) is 0 Å². The van der Waals surface area contributed by atoms with Gasteiger partial charge in [0.2, 0.25) is 5.78 Å². The first-order valence-electron chi connectivity index (χ1n) is 6.97. The minimum absolute atomic E-state index is 0.198. The van der Waals surface area contributed by atoms with Crippen LogP contribution in [0.5, 0.6) is 0 Å². The summed E-state index contributed by atoms with van der Waals surface area (Å²) >= 11 is 5.96. The van der Waals surface area contributed by atoms with Crippen LogP contribution >= 0.6 is 11.6 Å². The van der Waals surface area contributed by atoms with E-state index in [1.165, 1.54) is 25.7 Å². The fraction of sp³-hybridized carbons (Fsp3) is 0.438. The molecule has 0 radical (unpaired) electrons. The molecule has 2 aliphatic carbocycles. The monoisotopic (exact) mass is 274 g/mol. The molecule has 2 nitrogen and oxygen atoms in total. The third-order valence-electron chi connectivity index (χ3n) is 4.68. The van der Waals surface area contributed by atoms with Gasteiger partial charge in [0.25, 0.3) is 0 Å². The number of Topliss-reactive ketones (excluding diaryl/α,β-unsaturated/α-hetero) is 1. The lowest BCUT2D eigenvalue weighted by atomic mass is 10.0. The Hall–Kier alpha value is -1.28. The summed E-state index contributed by atoms with van der Waals surface area (Å²) < 4.78 is 5.68. The zero-order valence-electron chi connectivity index (χ0n) is 10.6. The summed E-state index contributed by atoms with van der Waals surface area (Å²) in [6, 6.07) is 7.30. The van der Waals surface area contributed by atoms with Crippen molar-refractivity contribution < 1.29 is 9.21 Å². The van der Waals surface area contributed by atoms with Crippen molar-refractivity contribution in [1.82, 2.24) is 0 Å². The van der Waals surface area contributed by atoms with Gasteiger partial charge in [-0.05, 0) is 48.9 Å². The molecule has 1 aromatic carbocycles. The number of fused-ring (bicyclic) bond motifs is 2. The molecule has 2 saturated carbocycles. The van der Waals surface area contributed by atoms with Gasteiger partial charge in [0.05, 0.1) is 0 Å². The summed E-state index contributed by atoms with van der Waals surface area (Å²) in [6.07, 6.45) is 4.99. The Morgan fingerprint density at radius 2 is 1.89 bits per heavy atom. The van der Waals surface area contributed by atoms with E-state index in [1.54, 1.807) is 6.07 Å². The number of hydrogen-bond donors (Lipinski definition) is 0. The van der Waals surface area contributed by atoms with Crippen LogP contribution in [0.25, 0.3) is 11.0 Å². The fourth-order valence-corrected chi connectivity index (χ4v) is 3.86. The molecule has 0 spiro atoms. The molecule has 2 atom stereocenters. The van der Waals surface area contributed by atoms with Crippen LogP contribution in [0.1, 0.15) is 36.2 Å². The van der Waals surface area contributed by atoms with Crippen molar-refractivity contribution in [3.63, 3.8) is 0 Å². The fourth-order valence-electron chi connectivity index (χ4n) is 3.68. The van der Waals surface area contributed by atoms with E-state index in [4.69, 9.17) is 16.0 Å². The maximum absolute atomic E-state index is 12.5. The molecule has 0 bridgehead atoms. The Balaban J connectivity index is 1.65. The van der Waals surface area contributed by atoms with E-state index in [2.05, 4.69) is 0 Å². The van der Waals surface area contributed by atoms with Crippen molar-refractivity contribution in [2.75, 3.05) is 0 Å². The molecule has 4 rings (SSSR count). The summed E-state index contributed by atoms with van der Waals surface area (Å²) in [6.45, 7) is 0. The first kappa shape index (κ1) is 11.5. The Kier molecular flexibility index (Phi) is 2.49. The SMILES string of the molecule is O=C(c1cc2cc(Cl)ccc2o1)C1C2CCCCC21. The van der Waals surface area contributed by atoms with E-state index in [0.717, 1.165) is 11.0 Å². The second-order valence-corrected chi connectivity index (χ2v) is 6.23. The number of carbonyl (C=O) groups is 1. The Labute approximate surface area is 116 Å². The molecule has 0 N–H and O–H groups in total. The summed E-state index contributed by atoms with van der Waals surface area (Å²) in [5.74, 6) is 2.18. The Bertz CT molecular complexity index is 646. The molecule has 0 aliphatic heterocycles. The highest BCUT2D eigenvalue weighted by Gasteiger charge is 2.55. The highest BCUT2D eigenvalue weighted by molar-refractivity contribution is 6.31. The maximum Gasteiger partial charge on any atom is 0.201 e. The molecule has 0 saturated heterocycles. The number of hydrogen-bond acceptors (Lipinski definition) is 2. The smallest absolute Gasteiger partial charge is 0.201 e. The van der Waals surface area contributed by atoms with Crippen LogP contribution in [0.2, 0.25) is 5.02 Å². The average molecular weight is 275 g/mol. The van der Waals surface area contributed by atoms with Crippen LogP contribution in [0, 0.1) is 17.8 Å². The zero-order chi connectivity index (χ0) is 13.0. The topological polar surface area (TPSA) is 30.2 Å². The molecule has 2 unspecified atom stereocenters. The third kappa shape index (κ3) is 1.81. The summed E-state index contributed by atoms with van der Waals surface area (Å²) in [7, 11) is 0. The molecule has 0 amide bonds. The van der Waals surface area contributed by atoms with Crippen molar-refractivity contribution in [1.29, 1.82) is 0 Å². The lowest BCUT2D eigenvalue weighted by Crippen LogP contribution is -2.02. The molecule has 2 aromatic rings. The van der Waals surface area contributed by atoms with Crippen molar-refractivity contribution in [2.45, 2.75) is 25.7 Å². The van der Waals surface area contributed by atoms with E-state index in [9.17, 15) is 4.79 Å². The molecule has 2 fully saturated rings. The summed E-state index contributed by atoms with van der Waals surface area (Å²) in [5, 5.41) is 1.59. The molecule has 1 aromatic heterocycles. The van der Waals surface area contributed by atoms with Gasteiger partial charge < -0.3 is 4.42 Å². The van der Waals surface area contributed by atoms with E-state index in [-0.39, 0.29) is 11.7 Å². The van der Waals surface area contributed by atoms with Crippen LogP contribution in [0.15, 0.2) is 28.7 Å². The molecule has 19 heavy (non-hydrogen) atoms. The number of halogens is 1. The molecular weight excluding hydrogens is 260 g/mol. The van der Waals surface area contributed by atoms with Gasteiger partial charge in [-0.25, -0.2) is 0 Å². The quantitative estimate of drug-likeness (QED) is 0.743. The number of furan rings is 1. The molecule has 2 aliphatic rings. The van der Waals surface area contributed by atoms with Gasteiger partial charge in [-0.1, -0.05) is 24.4 Å². The van der Waals surface area contributed by atoms with E-state index < -0.39 is 0 Å². The minimum atomic E-state index is 0.198. The Morgan fingerprint density at radius 1 is 1.16 bits per heavy atom. The number of carbonyl (C=O) groups excluding carboxylic acids is 1. The third-order valence-corrected chi connectivity index (χ3v) is 4.92. The number of benzene rings is 1. The van der Waals surface area contributed by atoms with Crippen molar-refractivity contribution >= 4 is 28.4 Å². The predicted octanol–water partition coefficient (Wildman–Crippen LogP) is 4.71. The largest absolute Gasteiger partial charge is 0.453 e. The zero-order valence-corrected chi connectivity index (χ0v) is 11.3. The van der Waals surface area contributed by atoms with Gasteiger partial charge in [-0.2, -0.15) is 0 Å². The lowest BCUT2D eigenvalue weighted by molar-refractivity contribution is 0.0931. The highest BCUT2D eigenvalue weighted by Crippen LogP contribution is 2.56. The molecular formula is C16H15ClO2. The predicted molar refractivity (Wildman–Crippen MR) is 74.5 cm³/mol. The maximum atomic E-state index is 12.5. The van der Waals surface area contributed by atoms with Gasteiger partial charge in [0.15, 0.2) is 5.76 Å². The van der Waals surface area contributed by atoms with E-state index in [1.807, 2.05) is 18.2 Å². The molecule has 3 heteroatoms. The highest BCUT2D eigenvalue weighted by atomic mass is 35.5. The van der Waals surface area contributed by atoms with Crippen LogP contribution in [0.3, 0.4) is 0 Å². The van der Waals surface area contributed by atoms with Gasteiger partial charge in [0.1, 0.15) is 5.58 Å². The van der Waals surface area contributed by atoms with Crippen LogP contribution < -0.4 is 0 Å². The number of rotatable bonds is 2. The van der Waals surface area contributed by atoms with Crippen molar-refractivity contribution in [3.05, 3.63) is 35.0 Å². The summed E-state index contributed by atoms with van der Waals surface area (Å²) in [5.41, 5.74) is 0.747. The lowest BCUT2D eigenvalue weighted by Gasteiger charge is -2.04. The second-order valence-electron chi connectivity index (χ2n) is 5.79. The average Bonchev–Trinajstić information content (AvgIpc) is 2.99. The minimum Gasteiger partial charge on any atom is -0.453 e. The van der Waals surface area contributed by atoms with Crippen molar-refractivity contribution in [2.24, 2.45) is 17.8 Å². The van der Waals surface area contributed by atoms with Gasteiger partial charge in [0, 0.05) is 16.3 Å². The van der Waals surface area contributed by atoms with Crippen molar-refractivity contribution in [3.8, 4) is 0 Å². The Morgan fingerprint density at radius 3 is 2.63 bits per heavy atom. The second kappa shape index (κ2) is 4.11. The van der Waals surface area contributed by atoms with Gasteiger partial charge in [-0.15, -0.1) is 0 Å². The molecule has 1 heterocycles. The van der Waals surface area contributed by atoms with Crippen LogP contribution in [-0.4, -0.2) is 5.78 Å². The standard InChI is InChI=1S/C16H15ClO2/c17-10-5-6-13-9(7-10)8-14(19-13)16(18)15-11-3-1-2-4-12(11)15/h5-8,11-12,15H,1-4H2. The normalized spacial score (nSPS) is 29.2. The van der Waals surface area contributed by atoms with Crippen LogP contribution in [0.4, 0.5) is 0 Å². The van der Waals surface area contributed by atoms with E-state index in [0.29, 0.717) is 22.6 Å². The number of ketones is 1. The first-order valence-corrected chi connectivity index (χ1v) is 7.35.